The lowest BCUT2D eigenvalue weighted by atomic mass is 10.2. The van der Waals surface area contributed by atoms with Crippen molar-refractivity contribution in [3.63, 3.8) is 0 Å². The molecule has 1 aromatic rings. The van der Waals surface area contributed by atoms with Crippen molar-refractivity contribution in [2.45, 2.75) is 52.4 Å². The molecule has 0 aromatic heterocycles. The number of nitro groups is 1. The van der Waals surface area contributed by atoms with Gasteiger partial charge in [-0.1, -0.05) is 26.8 Å². The molecule has 0 atom stereocenters. The van der Waals surface area contributed by atoms with Gasteiger partial charge < -0.3 is 13.9 Å². The van der Waals surface area contributed by atoms with Crippen LogP contribution >= 0.6 is 0 Å². The van der Waals surface area contributed by atoms with Crippen LogP contribution in [0.5, 0.6) is 5.75 Å². The first-order valence-corrected chi connectivity index (χ1v) is 11.1. The van der Waals surface area contributed by atoms with Crippen molar-refractivity contribution in [1.82, 2.24) is 0 Å². The molecule has 0 N–H and O–H groups in total. The third kappa shape index (κ3) is 6.13. The summed E-state index contributed by atoms with van der Waals surface area (Å²) in [6.07, 6.45) is 0. The van der Waals surface area contributed by atoms with E-state index < -0.39 is 19.2 Å². The second-order valence-electron chi connectivity index (χ2n) is 7.20. The van der Waals surface area contributed by atoms with Crippen LogP contribution in [0.1, 0.15) is 33.3 Å². The topological polar surface area (TPSA) is 87.9 Å². The van der Waals surface area contributed by atoms with Gasteiger partial charge in [-0.2, -0.15) is 0 Å². The molecule has 0 aliphatic carbocycles. The van der Waals surface area contributed by atoms with Crippen LogP contribution in [0.15, 0.2) is 18.2 Å². The standard InChI is InChI=1S/C17H27NO6Si/c1-7-22-16(19)12-23-15-9-8-13(10-14(15)18(20)21)11-24-25(5,6)17(2,3)4/h8-10H,7,11-12H2,1-6H3. The summed E-state index contributed by atoms with van der Waals surface area (Å²) in [4.78, 5) is 22.1. The Morgan fingerprint density at radius 2 is 1.92 bits per heavy atom. The number of nitro benzene ring substituents is 1. The van der Waals surface area contributed by atoms with Crippen LogP contribution in [0, 0.1) is 10.1 Å². The quantitative estimate of drug-likeness (QED) is 0.297. The van der Waals surface area contributed by atoms with Crippen LogP contribution in [-0.4, -0.2) is 32.4 Å². The van der Waals surface area contributed by atoms with Crippen LogP contribution in [-0.2, 0) is 20.6 Å². The van der Waals surface area contributed by atoms with Crippen LogP contribution in [0.4, 0.5) is 5.69 Å². The van der Waals surface area contributed by atoms with Crippen molar-refractivity contribution in [2.24, 2.45) is 0 Å². The number of carbonyl (C=O) groups is 1. The molecule has 0 amide bonds. The van der Waals surface area contributed by atoms with Gasteiger partial charge in [-0.15, -0.1) is 0 Å². The molecule has 8 heteroatoms. The molecule has 0 unspecified atom stereocenters. The molecule has 1 rings (SSSR count). The summed E-state index contributed by atoms with van der Waals surface area (Å²) >= 11 is 0. The van der Waals surface area contributed by atoms with E-state index in [0.717, 1.165) is 0 Å². The third-order valence-corrected chi connectivity index (χ3v) is 8.76. The van der Waals surface area contributed by atoms with Crippen molar-refractivity contribution < 1.29 is 23.6 Å². The van der Waals surface area contributed by atoms with Crippen molar-refractivity contribution >= 4 is 20.0 Å². The zero-order valence-electron chi connectivity index (χ0n) is 15.8. The van der Waals surface area contributed by atoms with Gasteiger partial charge in [0, 0.05) is 6.07 Å². The first kappa shape index (κ1) is 21.1. The summed E-state index contributed by atoms with van der Waals surface area (Å²) in [7, 11) is -1.95. The molecule has 1 aromatic carbocycles. The SMILES string of the molecule is CCOC(=O)COc1ccc(CO[Si](C)(C)C(C)(C)C)cc1[N+](=O)[O-]. The molecule has 0 saturated carbocycles. The highest BCUT2D eigenvalue weighted by Crippen LogP contribution is 2.37. The number of esters is 1. The minimum atomic E-state index is -1.95. The van der Waals surface area contributed by atoms with E-state index in [0.29, 0.717) is 12.2 Å². The Hall–Kier alpha value is -1.93. The van der Waals surface area contributed by atoms with Gasteiger partial charge in [0.1, 0.15) is 0 Å². The summed E-state index contributed by atoms with van der Waals surface area (Å²) in [6.45, 7) is 12.5. The number of carbonyl (C=O) groups excluding carboxylic acids is 1. The number of ether oxygens (including phenoxy) is 2. The minimum absolute atomic E-state index is 0.0362. The van der Waals surface area contributed by atoms with Gasteiger partial charge in [0.05, 0.1) is 18.1 Å². The fourth-order valence-electron chi connectivity index (χ4n) is 1.74. The highest BCUT2D eigenvalue weighted by molar-refractivity contribution is 6.74. The van der Waals surface area contributed by atoms with Gasteiger partial charge in [-0.05, 0) is 36.7 Å². The average Bonchev–Trinajstić information content (AvgIpc) is 2.50. The van der Waals surface area contributed by atoms with Gasteiger partial charge in [0.25, 0.3) is 0 Å². The number of hydrogen-bond donors (Lipinski definition) is 0. The van der Waals surface area contributed by atoms with Crippen molar-refractivity contribution in [3.8, 4) is 5.75 Å². The summed E-state index contributed by atoms with van der Waals surface area (Å²) in [5.74, 6) is -0.531. The van der Waals surface area contributed by atoms with Crippen molar-refractivity contribution in [2.75, 3.05) is 13.2 Å². The second-order valence-corrected chi connectivity index (χ2v) is 12.0. The first-order chi connectivity index (χ1) is 11.5. The van der Waals surface area contributed by atoms with Crippen LogP contribution < -0.4 is 4.74 Å². The Morgan fingerprint density at radius 1 is 1.28 bits per heavy atom. The average molecular weight is 369 g/mol. The zero-order valence-corrected chi connectivity index (χ0v) is 16.8. The monoisotopic (exact) mass is 369 g/mol. The fraction of sp³-hybridized carbons (Fsp3) is 0.588. The van der Waals surface area contributed by atoms with E-state index in [1.54, 1.807) is 13.0 Å². The van der Waals surface area contributed by atoms with Crippen molar-refractivity contribution in [3.05, 3.63) is 33.9 Å². The lowest BCUT2D eigenvalue weighted by Crippen LogP contribution is -2.40. The van der Waals surface area contributed by atoms with Gasteiger partial charge in [0.15, 0.2) is 20.7 Å². The maximum atomic E-state index is 11.3. The van der Waals surface area contributed by atoms with Crippen LogP contribution in [0.3, 0.4) is 0 Å². The van der Waals surface area contributed by atoms with Crippen LogP contribution in [0.2, 0.25) is 18.1 Å². The fourth-order valence-corrected chi connectivity index (χ4v) is 2.70. The Bertz CT molecular complexity index is 624. The van der Waals surface area contributed by atoms with Gasteiger partial charge in [-0.3, -0.25) is 10.1 Å². The smallest absolute Gasteiger partial charge is 0.344 e. The second kappa shape index (κ2) is 8.44. The lowest BCUT2D eigenvalue weighted by molar-refractivity contribution is -0.385. The van der Waals surface area contributed by atoms with E-state index in [9.17, 15) is 14.9 Å². The molecule has 0 heterocycles. The van der Waals surface area contributed by atoms with Crippen LogP contribution in [0.25, 0.3) is 0 Å². The van der Waals surface area contributed by atoms with Crippen molar-refractivity contribution in [1.29, 1.82) is 0 Å². The maximum Gasteiger partial charge on any atom is 0.344 e. The van der Waals surface area contributed by atoms with Gasteiger partial charge in [-0.25, -0.2) is 4.79 Å². The molecule has 0 aliphatic heterocycles. The van der Waals surface area contributed by atoms with Gasteiger partial charge in [0.2, 0.25) is 0 Å². The number of rotatable bonds is 8. The minimum Gasteiger partial charge on any atom is -0.475 e. The van der Waals surface area contributed by atoms with Gasteiger partial charge >= 0.3 is 11.7 Å². The first-order valence-electron chi connectivity index (χ1n) is 8.17. The highest BCUT2D eigenvalue weighted by atomic mass is 28.4. The largest absolute Gasteiger partial charge is 0.475 e. The Balaban J connectivity index is 2.87. The Labute approximate surface area is 149 Å². The highest BCUT2D eigenvalue weighted by Gasteiger charge is 2.37. The Kier molecular flexibility index (Phi) is 7.13. The predicted octanol–water partition coefficient (Wildman–Crippen LogP) is 4.06. The Morgan fingerprint density at radius 3 is 2.44 bits per heavy atom. The van der Waals surface area contributed by atoms with E-state index in [-0.39, 0.29) is 29.7 Å². The zero-order chi connectivity index (χ0) is 19.3. The number of hydrogen-bond acceptors (Lipinski definition) is 6. The molecule has 0 aliphatic rings. The van der Waals surface area contributed by atoms with E-state index >= 15 is 0 Å². The molecule has 0 radical (unpaired) electrons. The summed E-state index contributed by atoms with van der Waals surface area (Å²) in [5.41, 5.74) is 0.501. The molecular formula is C17H27NO6Si. The molecule has 25 heavy (non-hydrogen) atoms. The molecule has 0 saturated heterocycles. The molecule has 140 valence electrons. The summed E-state index contributed by atoms with van der Waals surface area (Å²) < 4.78 is 16.1. The molecule has 7 nitrogen and oxygen atoms in total. The molecule has 0 spiro atoms. The maximum absolute atomic E-state index is 11.3. The third-order valence-electron chi connectivity index (χ3n) is 4.28. The molecular weight excluding hydrogens is 342 g/mol. The summed E-state index contributed by atoms with van der Waals surface area (Å²) in [6, 6.07) is 4.62. The number of benzene rings is 1. The summed E-state index contributed by atoms with van der Waals surface area (Å²) in [5, 5.41) is 11.3. The number of nitrogens with zero attached hydrogens (tertiary/aromatic N) is 1. The molecule has 0 bridgehead atoms. The molecule has 0 fully saturated rings. The van der Waals surface area contributed by atoms with E-state index in [4.69, 9.17) is 13.9 Å². The predicted molar refractivity (Wildman–Crippen MR) is 97.2 cm³/mol. The van der Waals surface area contributed by atoms with E-state index in [1.807, 2.05) is 0 Å². The normalized spacial score (nSPS) is 11.9. The lowest BCUT2D eigenvalue weighted by Gasteiger charge is -2.36. The van der Waals surface area contributed by atoms with E-state index in [1.165, 1.54) is 12.1 Å². The van der Waals surface area contributed by atoms with E-state index in [2.05, 4.69) is 33.9 Å².